The molecule has 0 saturated heterocycles. The highest BCUT2D eigenvalue weighted by Crippen LogP contribution is 2.24. The van der Waals surface area contributed by atoms with Gasteiger partial charge in [0.05, 0.1) is 6.04 Å². The summed E-state index contributed by atoms with van der Waals surface area (Å²) in [6.07, 6.45) is 4.87. The van der Waals surface area contributed by atoms with Crippen LogP contribution in [0.15, 0.2) is 46.9 Å². The molecule has 1 N–H and O–H groups in total. The van der Waals surface area contributed by atoms with Gasteiger partial charge in [-0.15, -0.1) is 0 Å². The number of aryl methyl sites for hydroxylation is 2. The van der Waals surface area contributed by atoms with Crippen molar-refractivity contribution in [2.24, 2.45) is 0 Å². The second-order valence-electron chi connectivity index (χ2n) is 6.27. The summed E-state index contributed by atoms with van der Waals surface area (Å²) in [7, 11) is 0. The van der Waals surface area contributed by atoms with Crippen LogP contribution in [0.1, 0.15) is 42.5 Å². The minimum atomic E-state index is -0.108. The van der Waals surface area contributed by atoms with E-state index in [1.807, 2.05) is 31.2 Å². The summed E-state index contributed by atoms with van der Waals surface area (Å²) in [4.78, 5) is 12.1. The van der Waals surface area contributed by atoms with Gasteiger partial charge in [0.15, 0.2) is 6.61 Å². The zero-order valence-electron chi connectivity index (χ0n) is 13.8. The Hall–Kier alpha value is -1.81. The number of halogens is 1. The number of hydrogen-bond donors (Lipinski definition) is 1. The molecule has 24 heavy (non-hydrogen) atoms. The van der Waals surface area contributed by atoms with E-state index in [1.54, 1.807) is 0 Å². The lowest BCUT2D eigenvalue weighted by molar-refractivity contribution is -0.123. The highest BCUT2D eigenvalue weighted by Gasteiger charge is 2.14. The van der Waals surface area contributed by atoms with Gasteiger partial charge in [0.2, 0.25) is 0 Å². The number of carbonyl (C=O) groups excluding carboxylic acids is 1. The van der Waals surface area contributed by atoms with Gasteiger partial charge >= 0.3 is 0 Å². The molecule has 1 amide bonds. The number of ether oxygens (including phenoxy) is 1. The van der Waals surface area contributed by atoms with Gasteiger partial charge in [-0.05, 0) is 73.6 Å². The molecule has 1 unspecified atom stereocenters. The number of benzene rings is 2. The number of hydrogen-bond acceptors (Lipinski definition) is 2. The lowest BCUT2D eigenvalue weighted by Crippen LogP contribution is -2.31. The van der Waals surface area contributed by atoms with Crippen LogP contribution in [0.4, 0.5) is 0 Å². The van der Waals surface area contributed by atoms with Crippen molar-refractivity contribution >= 4 is 21.8 Å². The number of fused-ring (bicyclic) bond motifs is 1. The molecule has 0 heterocycles. The van der Waals surface area contributed by atoms with Crippen molar-refractivity contribution in [1.29, 1.82) is 0 Å². The van der Waals surface area contributed by atoms with E-state index in [0.29, 0.717) is 5.75 Å². The number of carbonyl (C=O) groups is 1. The van der Waals surface area contributed by atoms with Gasteiger partial charge in [0.1, 0.15) is 5.75 Å². The molecule has 0 bridgehead atoms. The first-order chi connectivity index (χ1) is 11.6. The van der Waals surface area contributed by atoms with Crippen molar-refractivity contribution in [1.82, 2.24) is 5.32 Å². The number of nitrogens with one attached hydrogen (secondary N) is 1. The molecule has 1 atom stereocenters. The van der Waals surface area contributed by atoms with Crippen molar-refractivity contribution in [3.05, 3.63) is 63.6 Å². The van der Waals surface area contributed by atoms with Crippen LogP contribution in [0.25, 0.3) is 0 Å². The molecule has 0 spiro atoms. The van der Waals surface area contributed by atoms with Crippen LogP contribution in [0, 0.1) is 0 Å². The second kappa shape index (κ2) is 7.84. The molecule has 126 valence electrons. The average Bonchev–Trinajstić information content (AvgIpc) is 2.61. The van der Waals surface area contributed by atoms with Crippen LogP contribution < -0.4 is 10.1 Å². The third kappa shape index (κ3) is 4.38. The topological polar surface area (TPSA) is 38.3 Å². The molecule has 0 aromatic heterocycles. The fraction of sp³-hybridized carbons (Fsp3) is 0.350. The first-order valence-electron chi connectivity index (χ1n) is 8.41. The normalized spacial score (nSPS) is 14.6. The van der Waals surface area contributed by atoms with Crippen LogP contribution in [0.3, 0.4) is 0 Å². The lowest BCUT2D eigenvalue weighted by atomic mass is 9.89. The average molecular weight is 388 g/mol. The molecule has 3 nitrogen and oxygen atoms in total. The van der Waals surface area contributed by atoms with Gasteiger partial charge in [0.25, 0.3) is 5.91 Å². The van der Waals surface area contributed by atoms with Gasteiger partial charge in [-0.25, -0.2) is 0 Å². The fourth-order valence-corrected chi connectivity index (χ4v) is 3.33. The van der Waals surface area contributed by atoms with E-state index in [-0.39, 0.29) is 18.6 Å². The Balaban J connectivity index is 1.55. The maximum Gasteiger partial charge on any atom is 0.258 e. The molecule has 1 aliphatic carbocycles. The highest BCUT2D eigenvalue weighted by atomic mass is 79.9. The standard InChI is InChI=1S/C20H22BrNO2/c1-14(16-7-6-15-4-2-3-5-17(15)12-16)22-20(23)13-24-19-10-8-18(21)9-11-19/h6-12,14H,2-5,13H2,1H3,(H,22,23). The molecule has 0 aliphatic heterocycles. The van der Waals surface area contributed by atoms with Crippen molar-refractivity contribution in [3.8, 4) is 5.75 Å². The maximum absolute atomic E-state index is 12.1. The summed E-state index contributed by atoms with van der Waals surface area (Å²) in [5.74, 6) is 0.581. The first-order valence-corrected chi connectivity index (χ1v) is 9.20. The van der Waals surface area contributed by atoms with E-state index in [4.69, 9.17) is 4.74 Å². The quantitative estimate of drug-likeness (QED) is 0.814. The Kier molecular flexibility index (Phi) is 5.56. The van der Waals surface area contributed by atoms with Crippen LogP contribution in [0.2, 0.25) is 0 Å². The van der Waals surface area contributed by atoms with Crippen LogP contribution in [-0.2, 0) is 17.6 Å². The molecule has 3 rings (SSSR count). The SMILES string of the molecule is CC(NC(=O)COc1ccc(Br)cc1)c1ccc2c(c1)CCCC2. The summed E-state index contributed by atoms with van der Waals surface area (Å²) < 4.78 is 6.50. The van der Waals surface area contributed by atoms with E-state index in [1.165, 1.54) is 30.4 Å². The van der Waals surface area contributed by atoms with Gasteiger partial charge < -0.3 is 10.1 Å². The van der Waals surface area contributed by atoms with Gasteiger partial charge in [-0.2, -0.15) is 0 Å². The zero-order chi connectivity index (χ0) is 16.9. The molecule has 2 aromatic carbocycles. The predicted molar refractivity (Wildman–Crippen MR) is 99.3 cm³/mol. The minimum absolute atomic E-state index is 0.0155. The molecule has 1 aliphatic rings. The first kappa shape index (κ1) is 17.0. The van der Waals surface area contributed by atoms with Crippen LogP contribution >= 0.6 is 15.9 Å². The smallest absolute Gasteiger partial charge is 0.258 e. The van der Waals surface area contributed by atoms with Gasteiger partial charge in [-0.3, -0.25) is 4.79 Å². The summed E-state index contributed by atoms with van der Waals surface area (Å²) >= 11 is 3.38. The third-order valence-electron chi connectivity index (χ3n) is 4.43. The third-order valence-corrected chi connectivity index (χ3v) is 4.96. The van der Waals surface area contributed by atoms with E-state index >= 15 is 0 Å². The molecular formula is C20H22BrNO2. The number of amides is 1. The summed E-state index contributed by atoms with van der Waals surface area (Å²) in [5.41, 5.74) is 4.06. The monoisotopic (exact) mass is 387 g/mol. The molecule has 2 aromatic rings. The van der Waals surface area contributed by atoms with Crippen molar-refractivity contribution in [3.63, 3.8) is 0 Å². The van der Waals surface area contributed by atoms with Crippen molar-refractivity contribution in [2.75, 3.05) is 6.61 Å². The fourth-order valence-electron chi connectivity index (χ4n) is 3.07. The van der Waals surface area contributed by atoms with E-state index in [0.717, 1.165) is 16.5 Å². The Morgan fingerprint density at radius 1 is 1.12 bits per heavy atom. The summed E-state index contributed by atoms with van der Waals surface area (Å²) in [6, 6.07) is 14.0. The largest absolute Gasteiger partial charge is 0.484 e. The van der Waals surface area contributed by atoms with Gasteiger partial charge in [-0.1, -0.05) is 34.1 Å². The lowest BCUT2D eigenvalue weighted by Gasteiger charge is -2.20. The Morgan fingerprint density at radius 3 is 2.58 bits per heavy atom. The molecule has 0 radical (unpaired) electrons. The van der Waals surface area contributed by atoms with Crippen molar-refractivity contribution in [2.45, 2.75) is 38.6 Å². The highest BCUT2D eigenvalue weighted by molar-refractivity contribution is 9.10. The molecule has 0 fully saturated rings. The van der Waals surface area contributed by atoms with Crippen LogP contribution in [-0.4, -0.2) is 12.5 Å². The van der Waals surface area contributed by atoms with Crippen LogP contribution in [0.5, 0.6) is 5.75 Å². The molecule has 0 saturated carbocycles. The predicted octanol–water partition coefficient (Wildman–Crippen LogP) is 4.58. The minimum Gasteiger partial charge on any atom is -0.484 e. The number of rotatable bonds is 5. The Bertz CT molecular complexity index is 712. The van der Waals surface area contributed by atoms with E-state index in [9.17, 15) is 4.79 Å². The van der Waals surface area contributed by atoms with Crippen molar-refractivity contribution < 1.29 is 9.53 Å². The zero-order valence-corrected chi connectivity index (χ0v) is 15.4. The van der Waals surface area contributed by atoms with E-state index < -0.39 is 0 Å². The second-order valence-corrected chi connectivity index (χ2v) is 7.18. The van der Waals surface area contributed by atoms with Gasteiger partial charge in [0, 0.05) is 4.47 Å². The maximum atomic E-state index is 12.1. The van der Waals surface area contributed by atoms with E-state index in [2.05, 4.69) is 39.4 Å². The summed E-state index contributed by atoms with van der Waals surface area (Å²) in [5, 5.41) is 3.01. The Labute approximate surface area is 151 Å². The molecular weight excluding hydrogens is 366 g/mol. The molecule has 4 heteroatoms. The Morgan fingerprint density at radius 2 is 1.83 bits per heavy atom. The summed E-state index contributed by atoms with van der Waals surface area (Å²) in [6.45, 7) is 2.04.